The van der Waals surface area contributed by atoms with Crippen LogP contribution in [0.1, 0.15) is 22.3 Å². The smallest absolute Gasteiger partial charge is 0.262 e. The summed E-state index contributed by atoms with van der Waals surface area (Å²) >= 11 is 0. The van der Waals surface area contributed by atoms with Crippen LogP contribution in [0.2, 0.25) is 0 Å². The molecule has 0 aliphatic carbocycles. The van der Waals surface area contributed by atoms with Crippen molar-refractivity contribution < 1.29 is 13.2 Å². The minimum absolute atomic E-state index is 0.348. The Hall–Kier alpha value is -6.69. The number of halogens is 3. The summed E-state index contributed by atoms with van der Waals surface area (Å²) in [4.78, 5) is 83.1. The Labute approximate surface area is 290 Å². The average molecular weight is 702 g/mol. The van der Waals surface area contributed by atoms with Crippen LogP contribution >= 0.6 is 0 Å². The van der Waals surface area contributed by atoms with E-state index in [0.29, 0.717) is 16.7 Å². The molecule has 5 aromatic carbocycles. The maximum absolute atomic E-state index is 13.8. The fourth-order valence-electron chi connectivity index (χ4n) is 6.40. The molecule has 0 N–H and O–H groups in total. The lowest BCUT2D eigenvalue weighted by atomic mass is 10.0. The Kier molecular flexibility index (Phi) is 8.59. The van der Waals surface area contributed by atoms with Crippen molar-refractivity contribution in [2.24, 2.45) is 0 Å². The number of rotatable bonds is 6. The number of aromatic nitrogens is 3. The summed E-state index contributed by atoms with van der Waals surface area (Å²) < 4.78 is 42.9. The van der Waals surface area contributed by atoms with Crippen LogP contribution in [0.3, 0.4) is 0 Å². The van der Waals surface area contributed by atoms with Crippen molar-refractivity contribution in [3.8, 4) is 0 Å². The normalized spacial score (nSPS) is 11.4. The second kappa shape index (κ2) is 13.2. The van der Waals surface area contributed by atoms with E-state index in [9.17, 15) is 41.9 Å². The fourth-order valence-corrected chi connectivity index (χ4v) is 6.40. The highest BCUT2D eigenvalue weighted by Gasteiger charge is 2.31. The minimum Gasteiger partial charge on any atom is -0.270 e. The Morgan fingerprint density at radius 1 is 0.365 bits per heavy atom. The zero-order valence-corrected chi connectivity index (χ0v) is 27.4. The molecule has 12 heteroatoms. The maximum Gasteiger partial charge on any atom is 0.262 e. The summed E-state index contributed by atoms with van der Waals surface area (Å²) in [5.41, 5.74) is -3.43. The molecule has 0 fully saturated rings. The first-order valence-corrected chi connectivity index (χ1v) is 16.0. The molecule has 8 aromatic rings. The molecule has 8 rings (SSSR count). The lowest BCUT2D eigenvalue weighted by Crippen LogP contribution is -2.27. The van der Waals surface area contributed by atoms with Gasteiger partial charge in [0.15, 0.2) is 0 Å². The van der Waals surface area contributed by atoms with E-state index in [-0.39, 0.29) is 19.6 Å². The van der Waals surface area contributed by atoms with E-state index < -0.39 is 83.1 Å². The van der Waals surface area contributed by atoms with Gasteiger partial charge in [-0.05, 0) is 60.0 Å². The third-order valence-corrected chi connectivity index (χ3v) is 8.96. The van der Waals surface area contributed by atoms with Crippen molar-refractivity contribution in [2.45, 2.75) is 26.6 Å². The quantitative estimate of drug-likeness (QED) is 0.251. The predicted molar refractivity (Wildman–Crippen MR) is 192 cm³/mol. The molecule has 0 saturated carbocycles. The van der Waals surface area contributed by atoms with Crippen LogP contribution < -0.4 is 33.4 Å². The third-order valence-electron chi connectivity index (χ3n) is 8.96. The highest BCUT2D eigenvalue weighted by Crippen LogP contribution is 2.26. The van der Waals surface area contributed by atoms with Crippen LogP contribution in [0, 0.1) is 24.4 Å². The van der Waals surface area contributed by atoms with Crippen LogP contribution in [-0.2, 0) is 19.6 Å². The summed E-state index contributed by atoms with van der Waals surface area (Å²) in [5, 5.41) is -2.91. The topological polar surface area (TPSA) is 117 Å². The largest absolute Gasteiger partial charge is 0.270 e. The van der Waals surface area contributed by atoms with E-state index >= 15 is 0 Å². The van der Waals surface area contributed by atoms with Crippen molar-refractivity contribution in [3.05, 3.63) is 205 Å². The molecule has 3 aromatic heterocycles. The highest BCUT2D eigenvalue weighted by molar-refractivity contribution is 6.25. The first-order chi connectivity index (χ1) is 24.9. The molecule has 52 heavy (non-hydrogen) atoms. The number of benzene rings is 5. The Morgan fingerprint density at radius 3 is 0.788 bits per heavy atom. The Morgan fingerprint density at radius 2 is 0.596 bits per heavy atom. The van der Waals surface area contributed by atoms with Gasteiger partial charge in [0.2, 0.25) is 0 Å². The second-order valence-electron chi connectivity index (χ2n) is 12.4. The summed E-state index contributed by atoms with van der Waals surface area (Å²) in [6.07, 6.45) is 0. The molecule has 0 unspecified atom stereocenters. The predicted octanol–water partition coefficient (Wildman–Crippen LogP) is 4.58. The van der Waals surface area contributed by atoms with Crippen LogP contribution in [0.25, 0.3) is 32.3 Å². The zero-order chi connectivity index (χ0) is 36.8. The van der Waals surface area contributed by atoms with Gasteiger partial charge in [-0.2, -0.15) is 0 Å². The molecule has 0 aliphatic heterocycles. The van der Waals surface area contributed by atoms with Crippen molar-refractivity contribution in [1.29, 1.82) is 0 Å². The van der Waals surface area contributed by atoms with Crippen molar-refractivity contribution >= 4 is 32.3 Å². The van der Waals surface area contributed by atoms with E-state index in [0.717, 1.165) is 50.1 Å². The molecule has 0 spiro atoms. The Balaban J connectivity index is 0.000000539. The van der Waals surface area contributed by atoms with Crippen molar-refractivity contribution in [3.63, 3.8) is 0 Å². The van der Waals surface area contributed by atoms with Crippen LogP contribution in [-0.4, -0.2) is 13.7 Å². The van der Waals surface area contributed by atoms with Gasteiger partial charge in [-0.15, -0.1) is 0 Å². The van der Waals surface area contributed by atoms with E-state index in [1.807, 2.05) is 18.2 Å². The molecule has 0 radical (unpaired) electrons. The summed E-state index contributed by atoms with van der Waals surface area (Å²) in [6, 6.07) is 25.2. The number of hydrogen-bond donors (Lipinski definition) is 0. The van der Waals surface area contributed by atoms with E-state index in [2.05, 4.69) is 19.1 Å². The van der Waals surface area contributed by atoms with Crippen molar-refractivity contribution in [1.82, 2.24) is 13.7 Å². The van der Waals surface area contributed by atoms with Crippen LogP contribution in [0.4, 0.5) is 13.2 Å². The number of nitrogens with zero attached hydrogens (tertiary/aromatic N) is 3. The monoisotopic (exact) mass is 701 g/mol. The van der Waals surface area contributed by atoms with Crippen LogP contribution in [0.15, 0.2) is 132 Å². The number of hydrogen-bond acceptors (Lipinski definition) is 6. The average Bonchev–Trinajstić information content (AvgIpc) is 3.63. The van der Waals surface area contributed by atoms with Gasteiger partial charge in [-0.3, -0.25) is 42.5 Å². The third kappa shape index (κ3) is 5.83. The molecule has 258 valence electrons. The first kappa shape index (κ1) is 33.8. The standard InChI is InChI=1S/C33H18F3N3O6.C7H8/c34-19-7-1-16(2-8-19)13-37-28(40)22-23(29(37)41)25-27(33(45)39(31(25)43)15-18-5-11-21(36)12-6-18)26-24(22)30(42)38(32(26)44)14-17-3-9-20(35)10-4-17;1-7-5-3-2-4-6-7/h1-12H,13-15H2;2-6H,1H3. The molecular weight excluding hydrogens is 675 g/mol. The second-order valence-corrected chi connectivity index (χ2v) is 12.4. The van der Waals surface area contributed by atoms with Gasteiger partial charge in [0.05, 0.1) is 52.0 Å². The molecule has 9 nitrogen and oxygen atoms in total. The summed E-state index contributed by atoms with van der Waals surface area (Å²) in [5.74, 6) is -1.65. The maximum atomic E-state index is 13.8. The minimum atomic E-state index is -0.972. The molecule has 0 amide bonds. The lowest BCUT2D eigenvalue weighted by molar-refractivity contribution is 0.625. The number of fused-ring (bicyclic) bond motifs is 6. The van der Waals surface area contributed by atoms with Gasteiger partial charge in [-0.25, -0.2) is 13.2 Å². The summed E-state index contributed by atoms with van der Waals surface area (Å²) in [6.45, 7) is 1.04. The van der Waals surface area contributed by atoms with E-state index in [4.69, 9.17) is 0 Å². The zero-order valence-electron chi connectivity index (χ0n) is 27.4. The lowest BCUT2D eigenvalue weighted by Gasteiger charge is -2.01. The van der Waals surface area contributed by atoms with E-state index in [1.54, 1.807) is 0 Å². The van der Waals surface area contributed by atoms with Crippen LogP contribution in [0.5, 0.6) is 0 Å². The molecule has 0 bridgehead atoms. The van der Waals surface area contributed by atoms with Gasteiger partial charge in [0, 0.05) is 0 Å². The van der Waals surface area contributed by atoms with Gasteiger partial charge < -0.3 is 0 Å². The molecular formula is C40H26F3N3O6. The Bertz CT molecular complexity index is 2530. The fraction of sp³-hybridized carbons (Fsp3) is 0.100. The molecule has 3 heterocycles. The van der Waals surface area contributed by atoms with Gasteiger partial charge in [0.25, 0.3) is 33.4 Å². The summed E-state index contributed by atoms with van der Waals surface area (Å²) in [7, 11) is 0. The van der Waals surface area contributed by atoms with E-state index in [1.165, 1.54) is 42.0 Å². The number of aryl methyl sites for hydroxylation is 1. The van der Waals surface area contributed by atoms with Gasteiger partial charge in [-0.1, -0.05) is 72.3 Å². The van der Waals surface area contributed by atoms with Gasteiger partial charge >= 0.3 is 0 Å². The molecule has 0 aliphatic rings. The molecule has 0 saturated heterocycles. The molecule has 0 atom stereocenters. The highest BCUT2D eigenvalue weighted by atomic mass is 19.1. The van der Waals surface area contributed by atoms with Gasteiger partial charge in [0.1, 0.15) is 17.5 Å². The first-order valence-electron chi connectivity index (χ1n) is 16.0. The van der Waals surface area contributed by atoms with Crippen molar-refractivity contribution in [2.75, 3.05) is 0 Å². The SMILES string of the molecule is Cc1ccccc1.O=c1c2c3c(=O)n(Cc4ccc(F)cc4)c(=O)c3c3c(=O)n(Cc4ccc(F)cc4)c(=O)c3c2c(=O)n1Cc1ccc(F)cc1.